The molecule has 1 amide bonds. The standard InChI is InChI=1S/C14H20N2OS/c1-10(11-4-2-3-5-11)16-13(17)8-15-14(16)12-6-7-18-9-12/h6-7,9-11,14-15H,2-5,8H2,1H3. The summed E-state index contributed by atoms with van der Waals surface area (Å²) in [6.07, 6.45) is 5.31. The van der Waals surface area contributed by atoms with Crippen LogP contribution < -0.4 is 5.32 Å². The van der Waals surface area contributed by atoms with Crippen LogP contribution in [-0.2, 0) is 4.79 Å². The van der Waals surface area contributed by atoms with E-state index in [9.17, 15) is 4.79 Å². The van der Waals surface area contributed by atoms with Crippen molar-refractivity contribution in [2.24, 2.45) is 5.92 Å². The molecule has 0 spiro atoms. The Morgan fingerprint density at radius 2 is 2.22 bits per heavy atom. The molecule has 0 bridgehead atoms. The fraction of sp³-hybridized carbons (Fsp3) is 0.643. The first-order valence-electron chi connectivity index (χ1n) is 6.84. The second kappa shape index (κ2) is 5.02. The maximum atomic E-state index is 12.1. The highest BCUT2D eigenvalue weighted by Crippen LogP contribution is 2.35. The highest BCUT2D eigenvalue weighted by Gasteiger charge is 2.38. The number of nitrogens with zero attached hydrogens (tertiary/aromatic N) is 1. The second-order valence-corrected chi connectivity index (χ2v) is 6.21. The van der Waals surface area contributed by atoms with Gasteiger partial charge in [-0.15, -0.1) is 0 Å². The first-order valence-corrected chi connectivity index (χ1v) is 7.78. The Kier molecular flexibility index (Phi) is 3.39. The van der Waals surface area contributed by atoms with Crippen LogP contribution in [0.3, 0.4) is 0 Å². The van der Waals surface area contributed by atoms with E-state index in [-0.39, 0.29) is 12.1 Å². The van der Waals surface area contributed by atoms with E-state index < -0.39 is 0 Å². The van der Waals surface area contributed by atoms with Gasteiger partial charge in [0.25, 0.3) is 0 Å². The maximum Gasteiger partial charge on any atom is 0.238 e. The fourth-order valence-electron chi connectivity index (χ4n) is 3.36. The van der Waals surface area contributed by atoms with E-state index in [1.807, 2.05) is 0 Å². The molecule has 1 saturated carbocycles. The third kappa shape index (κ3) is 2.08. The van der Waals surface area contributed by atoms with Crippen molar-refractivity contribution in [3.8, 4) is 0 Å². The van der Waals surface area contributed by atoms with Gasteiger partial charge >= 0.3 is 0 Å². The van der Waals surface area contributed by atoms with E-state index in [0.29, 0.717) is 18.5 Å². The minimum atomic E-state index is 0.0966. The molecule has 2 atom stereocenters. The molecule has 18 heavy (non-hydrogen) atoms. The molecule has 2 fully saturated rings. The number of carbonyl (C=O) groups excluding carboxylic acids is 1. The van der Waals surface area contributed by atoms with Gasteiger partial charge in [0.2, 0.25) is 5.91 Å². The van der Waals surface area contributed by atoms with Crippen LogP contribution in [0.2, 0.25) is 0 Å². The lowest BCUT2D eigenvalue weighted by Gasteiger charge is -2.34. The van der Waals surface area contributed by atoms with Crippen molar-refractivity contribution in [2.75, 3.05) is 6.54 Å². The van der Waals surface area contributed by atoms with Crippen molar-refractivity contribution in [2.45, 2.75) is 44.8 Å². The normalized spacial score (nSPS) is 27.1. The van der Waals surface area contributed by atoms with E-state index in [1.54, 1.807) is 11.3 Å². The first-order chi connectivity index (χ1) is 8.77. The van der Waals surface area contributed by atoms with E-state index in [4.69, 9.17) is 0 Å². The Labute approximate surface area is 112 Å². The minimum absolute atomic E-state index is 0.0966. The van der Waals surface area contributed by atoms with Crippen molar-refractivity contribution in [1.82, 2.24) is 10.2 Å². The molecule has 1 aliphatic carbocycles. The van der Waals surface area contributed by atoms with Crippen molar-refractivity contribution < 1.29 is 4.79 Å². The molecule has 1 aromatic rings. The van der Waals surface area contributed by atoms with Gasteiger partial charge in [0.1, 0.15) is 6.17 Å². The molecule has 98 valence electrons. The summed E-state index contributed by atoms with van der Waals surface area (Å²) in [5.74, 6) is 0.945. The smallest absolute Gasteiger partial charge is 0.238 e. The summed E-state index contributed by atoms with van der Waals surface area (Å²) in [6.45, 7) is 2.71. The van der Waals surface area contributed by atoms with Crippen LogP contribution in [-0.4, -0.2) is 23.4 Å². The van der Waals surface area contributed by atoms with Crippen LogP contribution in [0.25, 0.3) is 0 Å². The minimum Gasteiger partial charge on any atom is -0.319 e. The maximum absolute atomic E-state index is 12.1. The molecule has 2 unspecified atom stereocenters. The van der Waals surface area contributed by atoms with E-state index >= 15 is 0 Å². The SMILES string of the molecule is CC(C1CCCC1)N1C(=O)CNC1c1ccsc1. The molecular weight excluding hydrogens is 244 g/mol. The lowest BCUT2D eigenvalue weighted by atomic mass is 9.97. The Balaban J connectivity index is 1.80. The monoisotopic (exact) mass is 264 g/mol. The summed E-state index contributed by atoms with van der Waals surface area (Å²) in [6, 6.07) is 2.48. The summed E-state index contributed by atoms with van der Waals surface area (Å²) in [4.78, 5) is 14.2. The van der Waals surface area contributed by atoms with Gasteiger partial charge in [-0.2, -0.15) is 11.3 Å². The van der Waals surface area contributed by atoms with E-state index in [1.165, 1.54) is 31.2 Å². The highest BCUT2D eigenvalue weighted by atomic mass is 32.1. The zero-order valence-electron chi connectivity index (χ0n) is 10.8. The van der Waals surface area contributed by atoms with Crippen LogP contribution in [0, 0.1) is 5.92 Å². The molecule has 0 aromatic carbocycles. The molecule has 1 aliphatic heterocycles. The number of amides is 1. The van der Waals surface area contributed by atoms with Crippen LogP contribution >= 0.6 is 11.3 Å². The highest BCUT2D eigenvalue weighted by molar-refractivity contribution is 7.07. The summed E-state index contributed by atoms with van der Waals surface area (Å²) >= 11 is 1.70. The molecular formula is C14H20N2OS. The predicted octanol–water partition coefficient (Wildman–Crippen LogP) is 2.76. The van der Waals surface area contributed by atoms with Crippen LogP contribution in [0.15, 0.2) is 16.8 Å². The number of nitrogens with one attached hydrogen (secondary N) is 1. The lowest BCUT2D eigenvalue weighted by Crippen LogP contribution is -2.41. The number of hydrogen-bond donors (Lipinski definition) is 1. The van der Waals surface area contributed by atoms with Crippen molar-refractivity contribution in [1.29, 1.82) is 0 Å². The molecule has 4 heteroatoms. The summed E-state index contributed by atoms with van der Waals surface area (Å²) in [5.41, 5.74) is 1.23. The van der Waals surface area contributed by atoms with Gasteiger partial charge in [-0.1, -0.05) is 12.8 Å². The van der Waals surface area contributed by atoms with Crippen LogP contribution in [0.5, 0.6) is 0 Å². The molecule has 0 radical (unpaired) electrons. The molecule has 2 heterocycles. The number of rotatable bonds is 3. The average Bonchev–Trinajstić information content (AvgIpc) is 3.10. The third-order valence-electron chi connectivity index (χ3n) is 4.39. The molecule has 2 aliphatic rings. The van der Waals surface area contributed by atoms with Gasteiger partial charge in [-0.05, 0) is 48.1 Å². The molecule has 1 aromatic heterocycles. The van der Waals surface area contributed by atoms with E-state index in [2.05, 4.69) is 34.0 Å². The van der Waals surface area contributed by atoms with Crippen LogP contribution in [0.4, 0.5) is 0 Å². The number of carbonyl (C=O) groups is 1. The summed E-state index contributed by atoms with van der Waals surface area (Å²) < 4.78 is 0. The van der Waals surface area contributed by atoms with Gasteiger partial charge in [-0.3, -0.25) is 10.1 Å². The first kappa shape index (κ1) is 12.2. The Bertz CT molecular complexity index is 411. The lowest BCUT2D eigenvalue weighted by molar-refractivity contribution is -0.131. The molecule has 1 N–H and O–H groups in total. The second-order valence-electron chi connectivity index (χ2n) is 5.43. The van der Waals surface area contributed by atoms with Gasteiger partial charge in [0.05, 0.1) is 6.54 Å². The van der Waals surface area contributed by atoms with E-state index in [0.717, 1.165) is 0 Å². The van der Waals surface area contributed by atoms with Crippen molar-refractivity contribution in [3.05, 3.63) is 22.4 Å². The van der Waals surface area contributed by atoms with Crippen LogP contribution in [0.1, 0.15) is 44.3 Å². The third-order valence-corrected chi connectivity index (χ3v) is 5.09. The number of thiophene rings is 1. The van der Waals surface area contributed by atoms with Gasteiger partial charge < -0.3 is 4.90 Å². The zero-order valence-corrected chi connectivity index (χ0v) is 11.6. The van der Waals surface area contributed by atoms with Gasteiger partial charge in [0.15, 0.2) is 0 Å². The average molecular weight is 264 g/mol. The van der Waals surface area contributed by atoms with Gasteiger partial charge in [0, 0.05) is 6.04 Å². The predicted molar refractivity (Wildman–Crippen MR) is 73.3 cm³/mol. The topological polar surface area (TPSA) is 32.3 Å². The molecule has 3 rings (SSSR count). The Morgan fingerprint density at radius 3 is 2.89 bits per heavy atom. The fourth-order valence-corrected chi connectivity index (χ4v) is 4.03. The molecule has 3 nitrogen and oxygen atoms in total. The summed E-state index contributed by atoms with van der Waals surface area (Å²) in [7, 11) is 0. The van der Waals surface area contributed by atoms with Crippen molar-refractivity contribution in [3.63, 3.8) is 0 Å². The quantitative estimate of drug-likeness (QED) is 0.910. The number of hydrogen-bond acceptors (Lipinski definition) is 3. The Hall–Kier alpha value is -0.870. The zero-order chi connectivity index (χ0) is 12.5. The Morgan fingerprint density at radius 1 is 1.44 bits per heavy atom. The summed E-state index contributed by atoms with van der Waals surface area (Å²) in [5, 5.41) is 7.57. The van der Waals surface area contributed by atoms with Gasteiger partial charge in [-0.25, -0.2) is 0 Å². The van der Waals surface area contributed by atoms with Crippen molar-refractivity contribution >= 4 is 17.2 Å². The molecule has 1 saturated heterocycles. The largest absolute Gasteiger partial charge is 0.319 e.